The van der Waals surface area contributed by atoms with Gasteiger partial charge in [-0.05, 0) is 19.3 Å². The second-order valence-electron chi connectivity index (χ2n) is 4.53. The number of aliphatic hydroxyl groups excluding tert-OH is 2. The van der Waals surface area contributed by atoms with E-state index in [1.807, 2.05) is 20.8 Å². The molecule has 0 aromatic heterocycles. The predicted molar refractivity (Wildman–Crippen MR) is 66.6 cm³/mol. The van der Waals surface area contributed by atoms with Crippen molar-refractivity contribution in [1.82, 2.24) is 0 Å². The highest BCUT2D eigenvalue weighted by molar-refractivity contribution is 5.66. The maximum Gasteiger partial charge on any atom is 0.303 e. The summed E-state index contributed by atoms with van der Waals surface area (Å²) in [6.07, 6.45) is 1.33. The van der Waals surface area contributed by atoms with Gasteiger partial charge in [0.05, 0.1) is 12.2 Å². The second kappa shape index (κ2) is 7.67. The Hall–Kier alpha value is -0.610. The van der Waals surface area contributed by atoms with Crippen molar-refractivity contribution in [2.24, 2.45) is 0 Å². The number of hydrogen-bond donors (Lipinski definition) is 2. The monoisotopic (exact) mass is 246 g/mol. The van der Waals surface area contributed by atoms with Crippen LogP contribution in [-0.2, 0) is 9.53 Å². The first-order chi connectivity index (χ1) is 7.94. The number of carbonyl (C=O) groups is 1. The Kier molecular flexibility index (Phi) is 7.39. The molecule has 0 heterocycles. The Morgan fingerprint density at radius 1 is 1.18 bits per heavy atom. The van der Waals surface area contributed by atoms with E-state index in [2.05, 4.69) is 0 Å². The summed E-state index contributed by atoms with van der Waals surface area (Å²) in [4.78, 5) is 11.2. The van der Waals surface area contributed by atoms with E-state index in [9.17, 15) is 15.0 Å². The van der Waals surface area contributed by atoms with E-state index in [1.54, 1.807) is 0 Å². The summed E-state index contributed by atoms with van der Waals surface area (Å²) in [6.45, 7) is 7.02. The minimum absolute atomic E-state index is 0.452. The third-order valence-electron chi connectivity index (χ3n) is 3.05. The number of ether oxygens (including phenoxy) is 1. The molecule has 3 atom stereocenters. The lowest BCUT2D eigenvalue weighted by molar-refractivity contribution is -0.198. The molecule has 3 unspecified atom stereocenters. The normalized spacial score (nSPS) is 18.2. The predicted octanol–water partition coefficient (Wildman–Crippen LogP) is 2.02. The quantitative estimate of drug-likeness (QED) is 0.643. The van der Waals surface area contributed by atoms with E-state index in [-0.39, 0.29) is 0 Å². The van der Waals surface area contributed by atoms with Crippen molar-refractivity contribution < 1.29 is 19.7 Å². The van der Waals surface area contributed by atoms with Crippen molar-refractivity contribution in [3.63, 3.8) is 0 Å². The number of aliphatic hydroxyl groups is 2. The Labute approximate surface area is 104 Å². The molecule has 4 heteroatoms. The average Bonchev–Trinajstić information content (AvgIpc) is 2.26. The SMILES string of the molecule is CCCC(O)C(CCC)(OC(C)=O)C(O)CC. The molecule has 0 aromatic carbocycles. The molecule has 2 N–H and O–H groups in total. The fraction of sp³-hybridized carbons (Fsp3) is 0.923. The maximum absolute atomic E-state index is 11.2. The summed E-state index contributed by atoms with van der Waals surface area (Å²) in [5.41, 5.74) is -1.15. The largest absolute Gasteiger partial charge is 0.454 e. The molecule has 0 saturated carbocycles. The zero-order chi connectivity index (χ0) is 13.5. The van der Waals surface area contributed by atoms with Crippen LogP contribution >= 0.6 is 0 Å². The Balaban J connectivity index is 5.13. The summed E-state index contributed by atoms with van der Waals surface area (Å²) in [5.74, 6) is -0.457. The fourth-order valence-corrected chi connectivity index (χ4v) is 2.26. The number of esters is 1. The minimum atomic E-state index is -1.15. The molecule has 0 saturated heterocycles. The summed E-state index contributed by atoms with van der Waals surface area (Å²) in [6, 6.07) is 0. The lowest BCUT2D eigenvalue weighted by Gasteiger charge is -2.40. The van der Waals surface area contributed by atoms with E-state index >= 15 is 0 Å². The topological polar surface area (TPSA) is 66.8 Å². The zero-order valence-corrected chi connectivity index (χ0v) is 11.4. The molecule has 0 bridgehead atoms. The molecular weight excluding hydrogens is 220 g/mol. The molecule has 0 amide bonds. The summed E-state index contributed by atoms with van der Waals surface area (Å²) in [5, 5.41) is 20.3. The molecule has 4 nitrogen and oxygen atoms in total. The molecule has 0 aliphatic carbocycles. The third kappa shape index (κ3) is 4.28. The molecule has 0 aliphatic heterocycles. The van der Waals surface area contributed by atoms with E-state index < -0.39 is 23.8 Å². The van der Waals surface area contributed by atoms with Gasteiger partial charge in [0.25, 0.3) is 0 Å². The van der Waals surface area contributed by atoms with Gasteiger partial charge in [-0.1, -0.05) is 33.6 Å². The van der Waals surface area contributed by atoms with Crippen LogP contribution in [0.4, 0.5) is 0 Å². The molecule has 0 fully saturated rings. The van der Waals surface area contributed by atoms with Gasteiger partial charge in [0.1, 0.15) is 0 Å². The summed E-state index contributed by atoms with van der Waals surface area (Å²) < 4.78 is 5.31. The van der Waals surface area contributed by atoms with E-state index in [4.69, 9.17) is 4.74 Å². The molecular formula is C13H26O4. The van der Waals surface area contributed by atoms with Crippen LogP contribution in [0.2, 0.25) is 0 Å². The molecule has 102 valence electrons. The van der Waals surface area contributed by atoms with Crippen LogP contribution in [0, 0.1) is 0 Å². The van der Waals surface area contributed by atoms with E-state index in [0.717, 1.165) is 12.8 Å². The maximum atomic E-state index is 11.2. The highest BCUT2D eigenvalue weighted by atomic mass is 16.6. The first-order valence-electron chi connectivity index (χ1n) is 6.50. The first kappa shape index (κ1) is 16.4. The zero-order valence-electron chi connectivity index (χ0n) is 11.4. The Morgan fingerprint density at radius 2 is 1.76 bits per heavy atom. The van der Waals surface area contributed by atoms with Crippen molar-refractivity contribution in [2.45, 2.75) is 77.6 Å². The van der Waals surface area contributed by atoms with Crippen LogP contribution in [-0.4, -0.2) is 34.0 Å². The average molecular weight is 246 g/mol. The van der Waals surface area contributed by atoms with Gasteiger partial charge in [0.2, 0.25) is 0 Å². The van der Waals surface area contributed by atoms with Gasteiger partial charge >= 0.3 is 5.97 Å². The van der Waals surface area contributed by atoms with Crippen molar-refractivity contribution in [3.05, 3.63) is 0 Å². The molecule has 0 rings (SSSR count). The van der Waals surface area contributed by atoms with Gasteiger partial charge < -0.3 is 14.9 Å². The van der Waals surface area contributed by atoms with Crippen LogP contribution in [0.1, 0.15) is 59.8 Å². The van der Waals surface area contributed by atoms with Crippen molar-refractivity contribution in [2.75, 3.05) is 0 Å². The number of hydrogen-bond acceptors (Lipinski definition) is 4. The lowest BCUT2D eigenvalue weighted by Crippen LogP contribution is -2.55. The Morgan fingerprint density at radius 3 is 2.12 bits per heavy atom. The first-order valence-corrected chi connectivity index (χ1v) is 6.50. The third-order valence-corrected chi connectivity index (χ3v) is 3.05. The highest BCUT2D eigenvalue weighted by Gasteiger charge is 2.45. The van der Waals surface area contributed by atoms with Gasteiger partial charge in [-0.3, -0.25) is 4.79 Å². The standard InChI is InChI=1S/C13H26O4/c1-5-8-12(16)13(9-6-2,11(15)7-3)17-10(4)14/h11-12,15-16H,5-9H2,1-4H3. The molecule has 0 spiro atoms. The highest BCUT2D eigenvalue weighted by Crippen LogP contribution is 2.31. The molecule has 0 aliphatic rings. The van der Waals surface area contributed by atoms with Gasteiger partial charge in [0.15, 0.2) is 5.60 Å². The van der Waals surface area contributed by atoms with Crippen LogP contribution in [0.25, 0.3) is 0 Å². The smallest absolute Gasteiger partial charge is 0.303 e. The van der Waals surface area contributed by atoms with E-state index in [0.29, 0.717) is 19.3 Å². The molecule has 0 aromatic rings. The molecule has 0 radical (unpaired) electrons. The van der Waals surface area contributed by atoms with Crippen molar-refractivity contribution in [1.29, 1.82) is 0 Å². The number of carbonyl (C=O) groups excluding carboxylic acids is 1. The van der Waals surface area contributed by atoms with Gasteiger partial charge in [-0.2, -0.15) is 0 Å². The molecule has 17 heavy (non-hydrogen) atoms. The summed E-state index contributed by atoms with van der Waals surface area (Å²) >= 11 is 0. The Bertz CT molecular complexity index is 229. The van der Waals surface area contributed by atoms with Gasteiger partial charge in [0, 0.05) is 6.92 Å². The van der Waals surface area contributed by atoms with Crippen LogP contribution in [0.3, 0.4) is 0 Å². The minimum Gasteiger partial charge on any atom is -0.454 e. The van der Waals surface area contributed by atoms with Gasteiger partial charge in [-0.25, -0.2) is 0 Å². The lowest BCUT2D eigenvalue weighted by atomic mass is 9.82. The van der Waals surface area contributed by atoms with Crippen LogP contribution in [0.5, 0.6) is 0 Å². The van der Waals surface area contributed by atoms with E-state index in [1.165, 1.54) is 6.92 Å². The van der Waals surface area contributed by atoms with Crippen molar-refractivity contribution >= 4 is 5.97 Å². The second-order valence-corrected chi connectivity index (χ2v) is 4.53. The van der Waals surface area contributed by atoms with Gasteiger partial charge in [-0.15, -0.1) is 0 Å². The van der Waals surface area contributed by atoms with Crippen LogP contribution in [0.15, 0.2) is 0 Å². The summed E-state index contributed by atoms with van der Waals surface area (Å²) in [7, 11) is 0. The number of rotatable bonds is 8. The van der Waals surface area contributed by atoms with Crippen molar-refractivity contribution in [3.8, 4) is 0 Å². The fourth-order valence-electron chi connectivity index (χ4n) is 2.26. The van der Waals surface area contributed by atoms with Crippen LogP contribution < -0.4 is 0 Å².